The third-order valence-electron chi connectivity index (χ3n) is 3.11. The second-order valence-electron chi connectivity index (χ2n) is 4.27. The summed E-state index contributed by atoms with van der Waals surface area (Å²) in [4.78, 5) is 22.4. The van der Waals surface area contributed by atoms with Crippen molar-refractivity contribution < 1.29 is 9.53 Å². The summed E-state index contributed by atoms with van der Waals surface area (Å²) in [6, 6.07) is 0. The van der Waals surface area contributed by atoms with E-state index >= 15 is 0 Å². The molecule has 1 aliphatic heterocycles. The Hall–Kier alpha value is -1.80. The molecule has 0 saturated carbocycles. The van der Waals surface area contributed by atoms with E-state index in [0.29, 0.717) is 29.6 Å². The lowest BCUT2D eigenvalue weighted by molar-refractivity contribution is 0.0720. The molecule has 1 amide bonds. The normalized spacial score (nSPS) is 19.0. The van der Waals surface area contributed by atoms with E-state index < -0.39 is 0 Å². The maximum atomic E-state index is 12.3. The smallest absolute Gasteiger partial charge is 0.273 e. The van der Waals surface area contributed by atoms with Gasteiger partial charge in [0, 0.05) is 25.6 Å². The highest BCUT2D eigenvalue weighted by atomic mass is 32.1. The number of ether oxygens (including phenoxy) is 1. The molecule has 1 aliphatic rings. The Morgan fingerprint density at radius 2 is 2.53 bits per heavy atom. The van der Waals surface area contributed by atoms with Crippen LogP contribution in [0.2, 0.25) is 0 Å². The number of nitrogens with zero attached hydrogens (tertiary/aromatic N) is 4. The van der Waals surface area contributed by atoms with Gasteiger partial charge < -0.3 is 9.64 Å². The van der Waals surface area contributed by atoms with Crippen LogP contribution in [0.4, 0.5) is 0 Å². The Bertz CT molecular complexity index is 567. The van der Waals surface area contributed by atoms with Crippen LogP contribution in [0.25, 0.3) is 10.8 Å². The van der Waals surface area contributed by atoms with Crippen LogP contribution < -0.4 is 0 Å². The number of aromatic nitrogens is 4. The van der Waals surface area contributed by atoms with E-state index in [-0.39, 0.29) is 12.0 Å². The van der Waals surface area contributed by atoms with Crippen LogP contribution in [0, 0.1) is 0 Å². The zero-order valence-electron chi connectivity index (χ0n) is 10.4. The summed E-state index contributed by atoms with van der Waals surface area (Å²) >= 11 is 1.38. The molecule has 0 aliphatic carbocycles. The predicted molar refractivity (Wildman–Crippen MR) is 68.8 cm³/mol. The maximum absolute atomic E-state index is 12.3. The predicted octanol–water partition coefficient (Wildman–Crippen LogP) is 0.789. The Morgan fingerprint density at radius 1 is 1.63 bits per heavy atom. The lowest BCUT2D eigenvalue weighted by atomic mass is 10.3. The number of rotatable bonds is 3. The third-order valence-corrected chi connectivity index (χ3v) is 3.96. The first-order valence-electron chi connectivity index (χ1n) is 5.91. The number of carbonyl (C=O) groups excluding carboxylic acids is 1. The third kappa shape index (κ3) is 2.36. The van der Waals surface area contributed by atoms with E-state index in [1.54, 1.807) is 17.4 Å². The lowest BCUT2D eigenvalue weighted by Gasteiger charge is -2.14. The van der Waals surface area contributed by atoms with Crippen molar-refractivity contribution in [1.82, 2.24) is 25.1 Å². The number of aromatic amines is 1. The summed E-state index contributed by atoms with van der Waals surface area (Å²) in [5.74, 6) is 0.529. The Kier molecular flexibility index (Phi) is 3.26. The highest BCUT2D eigenvalue weighted by molar-refractivity contribution is 7.13. The molecule has 2 aromatic heterocycles. The molecule has 1 fully saturated rings. The number of amides is 1. The average Bonchev–Trinajstić information content (AvgIpc) is 3.16. The molecule has 0 radical (unpaired) electrons. The number of thiazole rings is 1. The monoisotopic (exact) mass is 279 g/mol. The molecule has 7 nitrogen and oxygen atoms in total. The summed E-state index contributed by atoms with van der Waals surface area (Å²) in [5.41, 5.74) is 0.452. The molecule has 3 rings (SSSR count). The number of hydrogen-bond donors (Lipinski definition) is 1. The van der Waals surface area contributed by atoms with Gasteiger partial charge in [0.05, 0.1) is 6.10 Å². The fourth-order valence-electron chi connectivity index (χ4n) is 2.06. The fraction of sp³-hybridized carbons (Fsp3) is 0.455. The first kappa shape index (κ1) is 12.2. The molecule has 0 spiro atoms. The van der Waals surface area contributed by atoms with Crippen molar-refractivity contribution in [2.45, 2.75) is 12.5 Å². The lowest BCUT2D eigenvalue weighted by Crippen LogP contribution is -2.30. The number of hydrogen-bond acceptors (Lipinski definition) is 6. The zero-order chi connectivity index (χ0) is 13.2. The molecule has 8 heteroatoms. The van der Waals surface area contributed by atoms with Crippen LogP contribution in [-0.4, -0.2) is 57.3 Å². The number of likely N-dealkylation sites (tertiary alicyclic amines) is 1. The van der Waals surface area contributed by atoms with Gasteiger partial charge in [0.1, 0.15) is 12.0 Å². The van der Waals surface area contributed by atoms with Crippen molar-refractivity contribution in [1.29, 1.82) is 0 Å². The summed E-state index contributed by atoms with van der Waals surface area (Å²) < 4.78 is 5.26. The second-order valence-corrected chi connectivity index (χ2v) is 5.13. The van der Waals surface area contributed by atoms with Gasteiger partial charge in [-0.1, -0.05) is 0 Å². The molecule has 1 saturated heterocycles. The van der Waals surface area contributed by atoms with Gasteiger partial charge >= 0.3 is 0 Å². The van der Waals surface area contributed by atoms with E-state index in [1.807, 2.05) is 0 Å². The van der Waals surface area contributed by atoms with Crippen molar-refractivity contribution in [2.24, 2.45) is 0 Å². The largest absolute Gasteiger partial charge is 0.380 e. The molecule has 1 N–H and O–H groups in total. The summed E-state index contributed by atoms with van der Waals surface area (Å²) in [6.45, 7) is 1.34. The van der Waals surface area contributed by atoms with E-state index in [9.17, 15) is 4.79 Å². The molecular formula is C11H13N5O2S. The summed E-state index contributed by atoms with van der Waals surface area (Å²) in [5, 5.41) is 8.92. The second kappa shape index (κ2) is 5.06. The molecule has 0 aromatic carbocycles. The summed E-state index contributed by atoms with van der Waals surface area (Å²) in [6.07, 6.45) is 2.43. The SMILES string of the molecule is CO[C@@H]1CCN(C(=O)c2csc(-c3ncn[nH]3)n2)C1. The van der Waals surface area contributed by atoms with Gasteiger partial charge in [-0.15, -0.1) is 11.3 Å². The van der Waals surface area contributed by atoms with E-state index in [2.05, 4.69) is 20.2 Å². The molecule has 2 aromatic rings. The van der Waals surface area contributed by atoms with E-state index in [1.165, 1.54) is 17.7 Å². The Morgan fingerprint density at radius 3 is 3.21 bits per heavy atom. The molecular weight excluding hydrogens is 266 g/mol. The van der Waals surface area contributed by atoms with Gasteiger partial charge in [0.25, 0.3) is 5.91 Å². The standard InChI is InChI=1S/C11H13N5O2S/c1-18-7-2-3-16(4-7)11(17)8-5-19-10(14-8)9-12-6-13-15-9/h5-7H,2-4H2,1H3,(H,12,13,15)/t7-/m1/s1. The van der Waals surface area contributed by atoms with Gasteiger partial charge in [-0.25, -0.2) is 9.97 Å². The highest BCUT2D eigenvalue weighted by Gasteiger charge is 2.28. The maximum Gasteiger partial charge on any atom is 0.273 e. The van der Waals surface area contributed by atoms with Crippen LogP contribution in [0.15, 0.2) is 11.7 Å². The molecule has 19 heavy (non-hydrogen) atoms. The molecule has 100 valence electrons. The Labute approximate surface area is 113 Å². The van der Waals surface area contributed by atoms with Crippen LogP contribution in [-0.2, 0) is 4.74 Å². The molecule has 3 heterocycles. The fourth-order valence-corrected chi connectivity index (χ4v) is 2.79. The minimum absolute atomic E-state index is 0.0541. The van der Waals surface area contributed by atoms with Crippen LogP contribution in [0.1, 0.15) is 16.9 Å². The quantitative estimate of drug-likeness (QED) is 0.898. The number of carbonyl (C=O) groups is 1. The first-order valence-corrected chi connectivity index (χ1v) is 6.79. The summed E-state index contributed by atoms with van der Waals surface area (Å²) in [7, 11) is 1.67. The van der Waals surface area contributed by atoms with Gasteiger partial charge in [-0.2, -0.15) is 5.10 Å². The zero-order valence-corrected chi connectivity index (χ0v) is 11.2. The van der Waals surface area contributed by atoms with Gasteiger partial charge in [0.2, 0.25) is 0 Å². The van der Waals surface area contributed by atoms with Crippen molar-refractivity contribution in [3.05, 3.63) is 17.4 Å². The minimum Gasteiger partial charge on any atom is -0.380 e. The van der Waals surface area contributed by atoms with E-state index in [4.69, 9.17) is 4.74 Å². The van der Waals surface area contributed by atoms with Crippen molar-refractivity contribution >= 4 is 17.2 Å². The molecule has 0 bridgehead atoms. The first-order chi connectivity index (χ1) is 9.28. The highest BCUT2D eigenvalue weighted by Crippen LogP contribution is 2.22. The van der Waals surface area contributed by atoms with Gasteiger partial charge in [0.15, 0.2) is 10.8 Å². The van der Waals surface area contributed by atoms with E-state index in [0.717, 1.165) is 6.42 Å². The Balaban J connectivity index is 1.74. The van der Waals surface area contributed by atoms with Crippen LogP contribution >= 0.6 is 11.3 Å². The topological polar surface area (TPSA) is 84.0 Å². The van der Waals surface area contributed by atoms with Gasteiger partial charge in [-0.3, -0.25) is 9.89 Å². The minimum atomic E-state index is -0.0541. The number of nitrogens with one attached hydrogen (secondary N) is 1. The van der Waals surface area contributed by atoms with Crippen molar-refractivity contribution in [3.63, 3.8) is 0 Å². The van der Waals surface area contributed by atoms with Crippen LogP contribution in [0.5, 0.6) is 0 Å². The number of methoxy groups -OCH3 is 1. The number of H-pyrrole nitrogens is 1. The average molecular weight is 279 g/mol. The molecule has 0 unspecified atom stereocenters. The van der Waals surface area contributed by atoms with Gasteiger partial charge in [-0.05, 0) is 6.42 Å². The van der Waals surface area contributed by atoms with Crippen LogP contribution in [0.3, 0.4) is 0 Å². The van der Waals surface area contributed by atoms with Crippen molar-refractivity contribution in [3.8, 4) is 10.8 Å². The van der Waals surface area contributed by atoms with Crippen molar-refractivity contribution in [2.75, 3.05) is 20.2 Å². The molecule has 1 atom stereocenters.